The minimum absolute atomic E-state index is 0.00506. The third-order valence-corrected chi connectivity index (χ3v) is 2.79. The molecule has 8 heteroatoms. The summed E-state index contributed by atoms with van der Waals surface area (Å²) in [7, 11) is 3.29. The Morgan fingerprint density at radius 2 is 2.00 bits per heavy atom. The van der Waals surface area contributed by atoms with Gasteiger partial charge in [0.2, 0.25) is 0 Å². The predicted octanol–water partition coefficient (Wildman–Crippen LogP) is 2.51. The number of anilines is 1. The van der Waals surface area contributed by atoms with Gasteiger partial charge in [-0.2, -0.15) is 13.2 Å². The van der Waals surface area contributed by atoms with Crippen LogP contribution < -0.4 is 5.32 Å². The van der Waals surface area contributed by atoms with Crippen LogP contribution in [-0.2, 0) is 11.0 Å². The largest absolute Gasteiger partial charge is 0.407 e. The quantitative estimate of drug-likeness (QED) is 0.840. The van der Waals surface area contributed by atoms with E-state index in [1.54, 1.807) is 19.0 Å². The molecule has 0 aliphatic rings. The molecular formula is C14H16F3N3O2. The van der Waals surface area contributed by atoms with E-state index in [1.165, 1.54) is 13.0 Å². The van der Waals surface area contributed by atoms with Gasteiger partial charge in [0.05, 0.1) is 12.1 Å². The number of benzene rings is 1. The van der Waals surface area contributed by atoms with Gasteiger partial charge in [0.1, 0.15) is 0 Å². The van der Waals surface area contributed by atoms with Gasteiger partial charge in [-0.1, -0.05) is 6.07 Å². The third-order valence-electron chi connectivity index (χ3n) is 2.79. The zero-order chi connectivity index (χ0) is 17.1. The number of nitrogens with one attached hydrogen (secondary N) is 1. The van der Waals surface area contributed by atoms with Crippen molar-refractivity contribution in [3.63, 3.8) is 0 Å². The van der Waals surface area contributed by atoms with Gasteiger partial charge in [0.25, 0.3) is 5.91 Å². The van der Waals surface area contributed by atoms with Crippen LogP contribution in [0.3, 0.4) is 0 Å². The lowest BCUT2D eigenvalue weighted by molar-refractivity contribution is -0.137. The zero-order valence-corrected chi connectivity index (χ0v) is 12.3. The summed E-state index contributed by atoms with van der Waals surface area (Å²) in [6.45, 7) is 8.01. The maximum absolute atomic E-state index is 12.8. The molecule has 22 heavy (non-hydrogen) atoms. The van der Waals surface area contributed by atoms with Crippen LogP contribution in [0, 0.1) is 6.57 Å². The molecule has 0 heterocycles. The highest BCUT2D eigenvalue weighted by Gasteiger charge is 2.35. The minimum atomic E-state index is -4.70. The number of rotatable bonds is 4. The van der Waals surface area contributed by atoms with Gasteiger partial charge in [-0.3, -0.25) is 4.79 Å². The van der Waals surface area contributed by atoms with Crippen LogP contribution in [0.4, 0.5) is 24.5 Å². The molecule has 0 saturated heterocycles. The average Bonchev–Trinajstić information content (AvgIpc) is 2.36. The molecule has 0 fully saturated rings. The summed E-state index contributed by atoms with van der Waals surface area (Å²) in [6, 6.07) is 2.84. The molecule has 0 aromatic heterocycles. The van der Waals surface area contributed by atoms with E-state index >= 15 is 0 Å². The van der Waals surface area contributed by atoms with Crippen LogP contribution in [0.2, 0.25) is 0 Å². The van der Waals surface area contributed by atoms with Crippen molar-refractivity contribution in [3.05, 3.63) is 35.2 Å². The number of alkyl halides is 3. The van der Waals surface area contributed by atoms with Crippen molar-refractivity contribution in [2.24, 2.45) is 0 Å². The fourth-order valence-corrected chi connectivity index (χ4v) is 1.89. The van der Waals surface area contributed by atoms with Gasteiger partial charge in [-0.05, 0) is 33.2 Å². The predicted molar refractivity (Wildman–Crippen MR) is 75.5 cm³/mol. The topological polar surface area (TPSA) is 56.9 Å². The van der Waals surface area contributed by atoms with Gasteiger partial charge >= 0.3 is 6.18 Å². The second kappa shape index (κ2) is 6.34. The summed E-state index contributed by atoms with van der Waals surface area (Å²) in [5.41, 5.74) is -3.58. The molecule has 0 radical (unpaired) electrons. The summed E-state index contributed by atoms with van der Waals surface area (Å²) in [5.74, 6) is -0.829. The Hall–Kier alpha value is -2.11. The Labute approximate surface area is 126 Å². The maximum Gasteiger partial charge on any atom is 0.407 e. The third kappa shape index (κ3) is 4.44. The molecule has 2 N–H and O–H groups in total. The van der Waals surface area contributed by atoms with E-state index < -0.39 is 28.9 Å². The first-order valence-electron chi connectivity index (χ1n) is 6.24. The zero-order valence-electron chi connectivity index (χ0n) is 12.3. The minimum Gasteiger partial charge on any atom is -0.379 e. The summed E-state index contributed by atoms with van der Waals surface area (Å²) in [4.78, 5) is 16.3. The van der Waals surface area contributed by atoms with E-state index in [-0.39, 0.29) is 12.2 Å². The van der Waals surface area contributed by atoms with Gasteiger partial charge < -0.3 is 15.3 Å². The van der Waals surface area contributed by atoms with Crippen LogP contribution >= 0.6 is 0 Å². The van der Waals surface area contributed by atoms with E-state index in [9.17, 15) is 23.1 Å². The molecule has 0 saturated carbocycles. The Bertz CT molecular complexity index is 604. The molecule has 0 bridgehead atoms. The highest BCUT2D eigenvalue weighted by atomic mass is 19.4. The standard InChI is InChI=1S/C14H16F3N3O2/c1-13(22,8-20(3)4)12(21)19-9-5-6-11(18-2)10(7-9)14(15,16)17/h5-7,22H,8H2,1,3-4H3,(H,19,21). The van der Waals surface area contributed by atoms with E-state index in [2.05, 4.69) is 10.2 Å². The van der Waals surface area contributed by atoms with Crippen molar-refractivity contribution in [1.29, 1.82) is 0 Å². The number of carbonyl (C=O) groups excluding carboxylic acids is 1. The molecule has 5 nitrogen and oxygen atoms in total. The molecule has 1 unspecified atom stereocenters. The summed E-state index contributed by atoms with van der Waals surface area (Å²) in [6.07, 6.45) is -4.70. The second-order valence-corrected chi connectivity index (χ2v) is 5.31. The average molecular weight is 315 g/mol. The maximum atomic E-state index is 12.8. The highest BCUT2D eigenvalue weighted by Crippen LogP contribution is 2.38. The van der Waals surface area contributed by atoms with Crippen LogP contribution in [0.1, 0.15) is 12.5 Å². The van der Waals surface area contributed by atoms with Gasteiger partial charge in [-0.25, -0.2) is 4.85 Å². The number of amides is 1. The highest BCUT2D eigenvalue weighted by molar-refractivity contribution is 5.97. The monoisotopic (exact) mass is 315 g/mol. The Morgan fingerprint density at radius 3 is 2.45 bits per heavy atom. The first kappa shape index (κ1) is 17.9. The number of aliphatic hydroxyl groups is 1. The number of hydrogen-bond acceptors (Lipinski definition) is 3. The molecule has 1 aromatic carbocycles. The smallest absolute Gasteiger partial charge is 0.379 e. The summed E-state index contributed by atoms with van der Waals surface area (Å²) < 4.78 is 38.5. The second-order valence-electron chi connectivity index (χ2n) is 5.31. The molecular weight excluding hydrogens is 299 g/mol. The van der Waals surface area contributed by atoms with Crippen molar-refractivity contribution in [3.8, 4) is 0 Å². The number of hydrogen-bond donors (Lipinski definition) is 2. The van der Waals surface area contributed by atoms with Crippen molar-refractivity contribution < 1.29 is 23.1 Å². The lowest BCUT2D eigenvalue weighted by atomic mass is 10.1. The number of likely N-dealkylation sites (N-methyl/N-ethyl adjacent to an activating group) is 1. The first-order valence-corrected chi connectivity index (χ1v) is 6.24. The van der Waals surface area contributed by atoms with E-state index in [0.717, 1.165) is 6.07 Å². The van der Waals surface area contributed by atoms with E-state index in [0.29, 0.717) is 6.07 Å². The van der Waals surface area contributed by atoms with Gasteiger partial charge in [-0.15, -0.1) is 0 Å². The Kier molecular flexibility index (Phi) is 5.17. The summed E-state index contributed by atoms with van der Waals surface area (Å²) >= 11 is 0. The normalized spacial score (nSPS) is 14.3. The lowest BCUT2D eigenvalue weighted by Gasteiger charge is -2.25. The number of nitrogens with zero attached hydrogens (tertiary/aromatic N) is 2. The molecule has 1 rings (SSSR count). The van der Waals surface area contributed by atoms with Gasteiger partial charge in [0.15, 0.2) is 11.3 Å². The molecule has 120 valence electrons. The van der Waals surface area contributed by atoms with Crippen molar-refractivity contribution >= 4 is 17.3 Å². The Morgan fingerprint density at radius 1 is 1.41 bits per heavy atom. The molecule has 1 amide bonds. The fraction of sp³-hybridized carbons (Fsp3) is 0.429. The SMILES string of the molecule is [C-]#[N+]c1ccc(NC(=O)C(C)(O)CN(C)C)cc1C(F)(F)F. The van der Waals surface area contributed by atoms with E-state index in [1.807, 2.05) is 0 Å². The van der Waals surface area contributed by atoms with Crippen LogP contribution in [-0.4, -0.2) is 42.2 Å². The van der Waals surface area contributed by atoms with Crippen molar-refractivity contribution in [2.45, 2.75) is 18.7 Å². The Balaban J connectivity index is 3.05. The first-order chi connectivity index (χ1) is 9.97. The number of halogens is 3. The van der Waals surface area contributed by atoms with E-state index in [4.69, 9.17) is 6.57 Å². The molecule has 1 aromatic rings. The number of carbonyl (C=O) groups is 1. The van der Waals surface area contributed by atoms with Crippen LogP contribution in [0.5, 0.6) is 0 Å². The lowest BCUT2D eigenvalue weighted by Crippen LogP contribution is -2.47. The van der Waals surface area contributed by atoms with Crippen molar-refractivity contribution in [1.82, 2.24) is 4.90 Å². The molecule has 0 spiro atoms. The molecule has 0 aliphatic carbocycles. The molecule has 0 aliphatic heterocycles. The van der Waals surface area contributed by atoms with Crippen LogP contribution in [0.15, 0.2) is 18.2 Å². The van der Waals surface area contributed by atoms with Crippen LogP contribution in [0.25, 0.3) is 4.85 Å². The molecule has 1 atom stereocenters. The fourth-order valence-electron chi connectivity index (χ4n) is 1.89. The summed E-state index contributed by atoms with van der Waals surface area (Å²) in [5, 5.41) is 12.3. The van der Waals surface area contributed by atoms with Gasteiger partial charge in [0, 0.05) is 12.2 Å². The van der Waals surface area contributed by atoms with Crippen molar-refractivity contribution in [2.75, 3.05) is 26.0 Å².